The first-order valence-corrected chi connectivity index (χ1v) is 9.30. The highest BCUT2D eigenvalue weighted by molar-refractivity contribution is 6.04. The van der Waals surface area contributed by atoms with Gasteiger partial charge in [0.1, 0.15) is 24.3 Å². The molecule has 1 fully saturated rings. The van der Waals surface area contributed by atoms with Crippen LogP contribution in [0.4, 0.5) is 4.39 Å². The second-order valence-corrected chi connectivity index (χ2v) is 6.87. The van der Waals surface area contributed by atoms with Gasteiger partial charge in [0, 0.05) is 18.0 Å². The van der Waals surface area contributed by atoms with Crippen LogP contribution in [0.15, 0.2) is 42.5 Å². The first-order valence-electron chi connectivity index (χ1n) is 9.30. The molecular weight excluding hydrogens is 377 g/mol. The third-order valence-corrected chi connectivity index (χ3v) is 4.85. The van der Waals surface area contributed by atoms with Crippen molar-refractivity contribution in [1.29, 1.82) is 0 Å². The van der Waals surface area contributed by atoms with E-state index in [0.717, 1.165) is 10.9 Å². The monoisotopic (exact) mass is 397 g/mol. The molecule has 0 aliphatic carbocycles. The van der Waals surface area contributed by atoms with Crippen LogP contribution in [0, 0.1) is 5.82 Å². The SMILES string of the molecule is CC(=O)c1ccc(OCC2CN(C(=O)c3n[nH]c4ccccc34)CCO2)cc1F. The first-order chi connectivity index (χ1) is 14.0. The maximum absolute atomic E-state index is 13.9. The molecule has 1 amide bonds. The van der Waals surface area contributed by atoms with Gasteiger partial charge in [-0.2, -0.15) is 5.10 Å². The minimum absolute atomic E-state index is 0.0225. The molecule has 2 aromatic carbocycles. The standard InChI is InChI=1S/C21H20FN3O4/c1-13(26)16-7-6-14(10-18(16)22)29-12-15-11-25(8-9-28-15)21(27)20-17-4-2-3-5-19(17)23-24-20/h2-7,10,15H,8-9,11-12H2,1H3,(H,23,24). The molecule has 2 heterocycles. The maximum atomic E-state index is 13.9. The van der Waals surface area contributed by atoms with Gasteiger partial charge in [0.25, 0.3) is 5.91 Å². The highest BCUT2D eigenvalue weighted by Crippen LogP contribution is 2.20. The van der Waals surface area contributed by atoms with Crippen LogP contribution in [-0.4, -0.2) is 59.2 Å². The Kier molecular flexibility index (Phi) is 5.26. The summed E-state index contributed by atoms with van der Waals surface area (Å²) in [5.41, 5.74) is 1.21. The minimum atomic E-state index is -0.623. The second kappa shape index (κ2) is 8.00. The molecule has 7 nitrogen and oxygen atoms in total. The molecule has 1 N–H and O–H groups in total. The minimum Gasteiger partial charge on any atom is -0.491 e. The number of nitrogens with one attached hydrogen (secondary N) is 1. The van der Waals surface area contributed by atoms with Gasteiger partial charge in [-0.3, -0.25) is 14.7 Å². The van der Waals surface area contributed by atoms with Crippen LogP contribution in [0.5, 0.6) is 5.75 Å². The van der Waals surface area contributed by atoms with E-state index in [-0.39, 0.29) is 30.0 Å². The number of hydrogen-bond donors (Lipinski definition) is 1. The molecule has 8 heteroatoms. The van der Waals surface area contributed by atoms with Crippen molar-refractivity contribution >= 4 is 22.6 Å². The molecule has 1 atom stereocenters. The number of Topliss-reactive ketones (excluding diaryl/α,β-unsaturated/α-hetero) is 1. The Hall–Kier alpha value is -3.26. The van der Waals surface area contributed by atoms with Crippen molar-refractivity contribution in [2.75, 3.05) is 26.3 Å². The Morgan fingerprint density at radius 1 is 1.31 bits per heavy atom. The van der Waals surface area contributed by atoms with E-state index < -0.39 is 5.82 Å². The quantitative estimate of drug-likeness (QED) is 0.670. The molecule has 0 spiro atoms. The van der Waals surface area contributed by atoms with Crippen LogP contribution >= 0.6 is 0 Å². The number of aromatic amines is 1. The van der Waals surface area contributed by atoms with E-state index in [2.05, 4.69) is 10.2 Å². The van der Waals surface area contributed by atoms with E-state index in [1.54, 1.807) is 11.0 Å². The van der Waals surface area contributed by atoms with Crippen LogP contribution in [-0.2, 0) is 4.74 Å². The highest BCUT2D eigenvalue weighted by atomic mass is 19.1. The molecule has 0 radical (unpaired) electrons. The van der Waals surface area contributed by atoms with Crippen molar-refractivity contribution < 1.29 is 23.5 Å². The normalized spacial score (nSPS) is 16.8. The lowest BCUT2D eigenvalue weighted by Gasteiger charge is -2.32. The predicted molar refractivity (Wildman–Crippen MR) is 104 cm³/mol. The number of para-hydroxylation sites is 1. The lowest BCUT2D eigenvalue weighted by atomic mass is 10.1. The Labute approximate surface area is 166 Å². The third-order valence-electron chi connectivity index (χ3n) is 4.85. The molecule has 1 unspecified atom stereocenters. The lowest BCUT2D eigenvalue weighted by molar-refractivity contribution is -0.0402. The number of carbonyl (C=O) groups is 2. The van der Waals surface area contributed by atoms with E-state index in [1.165, 1.54) is 19.1 Å². The fourth-order valence-electron chi connectivity index (χ4n) is 3.34. The fraction of sp³-hybridized carbons (Fsp3) is 0.286. The Morgan fingerprint density at radius 3 is 2.93 bits per heavy atom. The van der Waals surface area contributed by atoms with Gasteiger partial charge < -0.3 is 14.4 Å². The number of ether oxygens (including phenoxy) is 2. The fourth-order valence-corrected chi connectivity index (χ4v) is 3.34. The lowest BCUT2D eigenvalue weighted by Crippen LogP contribution is -2.47. The van der Waals surface area contributed by atoms with Gasteiger partial charge in [0.15, 0.2) is 11.5 Å². The number of ketones is 1. The Balaban J connectivity index is 1.40. The molecule has 1 saturated heterocycles. The van der Waals surface area contributed by atoms with Crippen LogP contribution in [0.1, 0.15) is 27.8 Å². The van der Waals surface area contributed by atoms with E-state index in [4.69, 9.17) is 9.47 Å². The van der Waals surface area contributed by atoms with Gasteiger partial charge in [-0.05, 0) is 25.1 Å². The molecule has 150 valence electrons. The summed E-state index contributed by atoms with van der Waals surface area (Å²) >= 11 is 0. The first kappa shape index (κ1) is 19.1. The van der Waals surface area contributed by atoms with Crippen molar-refractivity contribution in [3.05, 3.63) is 59.5 Å². The topological polar surface area (TPSA) is 84.5 Å². The van der Waals surface area contributed by atoms with Crippen molar-refractivity contribution in [3.63, 3.8) is 0 Å². The van der Waals surface area contributed by atoms with Gasteiger partial charge >= 0.3 is 0 Å². The molecule has 4 rings (SSSR count). The van der Waals surface area contributed by atoms with E-state index in [1.807, 2.05) is 24.3 Å². The van der Waals surface area contributed by atoms with Crippen LogP contribution in [0.25, 0.3) is 10.9 Å². The van der Waals surface area contributed by atoms with E-state index in [9.17, 15) is 14.0 Å². The van der Waals surface area contributed by atoms with Crippen molar-refractivity contribution in [3.8, 4) is 5.75 Å². The van der Waals surface area contributed by atoms with Crippen LogP contribution in [0.3, 0.4) is 0 Å². The Morgan fingerprint density at radius 2 is 2.14 bits per heavy atom. The number of hydrogen-bond acceptors (Lipinski definition) is 5. The molecule has 29 heavy (non-hydrogen) atoms. The number of fused-ring (bicyclic) bond motifs is 1. The summed E-state index contributed by atoms with van der Waals surface area (Å²) in [6, 6.07) is 11.6. The van der Waals surface area contributed by atoms with Crippen molar-refractivity contribution in [2.45, 2.75) is 13.0 Å². The third kappa shape index (κ3) is 3.97. The molecule has 1 aromatic heterocycles. The summed E-state index contributed by atoms with van der Waals surface area (Å²) in [4.78, 5) is 25.9. The maximum Gasteiger partial charge on any atom is 0.275 e. The van der Waals surface area contributed by atoms with Crippen LogP contribution < -0.4 is 4.74 Å². The number of benzene rings is 2. The largest absolute Gasteiger partial charge is 0.491 e. The smallest absolute Gasteiger partial charge is 0.275 e. The van der Waals surface area contributed by atoms with Gasteiger partial charge in [0.2, 0.25) is 0 Å². The number of nitrogens with zero attached hydrogens (tertiary/aromatic N) is 2. The van der Waals surface area contributed by atoms with Crippen molar-refractivity contribution in [1.82, 2.24) is 15.1 Å². The molecular formula is C21H20FN3O4. The summed E-state index contributed by atoms with van der Waals surface area (Å²) in [6.45, 7) is 2.64. The summed E-state index contributed by atoms with van der Waals surface area (Å²) in [6.07, 6.45) is -0.353. The van der Waals surface area contributed by atoms with E-state index >= 15 is 0 Å². The number of H-pyrrole nitrogens is 1. The number of amides is 1. The number of halogens is 1. The number of rotatable bonds is 5. The summed E-state index contributed by atoms with van der Waals surface area (Å²) < 4.78 is 25.2. The second-order valence-electron chi connectivity index (χ2n) is 6.87. The summed E-state index contributed by atoms with van der Waals surface area (Å²) in [5.74, 6) is -0.836. The molecule has 1 aliphatic heterocycles. The van der Waals surface area contributed by atoms with E-state index in [0.29, 0.717) is 31.1 Å². The summed E-state index contributed by atoms with van der Waals surface area (Å²) in [5, 5.41) is 7.81. The molecule has 3 aromatic rings. The zero-order chi connectivity index (χ0) is 20.4. The highest BCUT2D eigenvalue weighted by Gasteiger charge is 2.28. The predicted octanol–water partition coefficient (Wildman–Crippen LogP) is 2.82. The Bertz CT molecular complexity index is 1070. The van der Waals surface area contributed by atoms with Crippen LogP contribution in [0.2, 0.25) is 0 Å². The molecule has 0 saturated carbocycles. The molecule has 0 bridgehead atoms. The van der Waals surface area contributed by atoms with Gasteiger partial charge in [-0.1, -0.05) is 18.2 Å². The zero-order valence-electron chi connectivity index (χ0n) is 15.9. The molecule has 1 aliphatic rings. The van der Waals surface area contributed by atoms with Crippen molar-refractivity contribution in [2.24, 2.45) is 0 Å². The number of carbonyl (C=O) groups excluding carboxylic acids is 2. The van der Waals surface area contributed by atoms with Gasteiger partial charge in [-0.15, -0.1) is 0 Å². The number of morpholine rings is 1. The van der Waals surface area contributed by atoms with Gasteiger partial charge in [0.05, 0.1) is 24.2 Å². The number of aromatic nitrogens is 2. The average molecular weight is 397 g/mol. The zero-order valence-corrected chi connectivity index (χ0v) is 15.9. The summed E-state index contributed by atoms with van der Waals surface area (Å²) in [7, 11) is 0. The average Bonchev–Trinajstić information content (AvgIpc) is 3.16. The van der Waals surface area contributed by atoms with Gasteiger partial charge in [-0.25, -0.2) is 4.39 Å².